The smallest absolute Gasteiger partial charge is 0.356 e. The van der Waals surface area contributed by atoms with Crippen LogP contribution in [0.1, 0.15) is 29.4 Å². The summed E-state index contributed by atoms with van der Waals surface area (Å²) in [6.07, 6.45) is 3.79. The number of nitrogens with zero attached hydrogens (tertiary/aromatic N) is 3. The Kier molecular flexibility index (Phi) is 4.52. The van der Waals surface area contributed by atoms with Crippen molar-refractivity contribution in [2.75, 3.05) is 11.9 Å². The SMILES string of the molecule is CC1CC(Nc2cnc(C(=O)O)cn2)CN1Cc1ccccc1. The van der Waals surface area contributed by atoms with Crippen LogP contribution in [0.4, 0.5) is 5.82 Å². The third-order valence-corrected chi connectivity index (χ3v) is 4.16. The molecule has 6 heteroatoms. The van der Waals surface area contributed by atoms with Crippen LogP contribution in [-0.4, -0.2) is 44.6 Å². The van der Waals surface area contributed by atoms with Gasteiger partial charge in [-0.2, -0.15) is 0 Å². The molecule has 2 heterocycles. The Labute approximate surface area is 135 Å². The number of carboxylic acid groups (broad SMARTS) is 1. The van der Waals surface area contributed by atoms with Gasteiger partial charge in [-0.05, 0) is 18.9 Å². The third kappa shape index (κ3) is 3.84. The molecule has 0 bridgehead atoms. The number of aromatic carboxylic acids is 1. The van der Waals surface area contributed by atoms with Crippen molar-refractivity contribution in [3.63, 3.8) is 0 Å². The Morgan fingerprint density at radius 3 is 2.74 bits per heavy atom. The Hall–Kier alpha value is -2.47. The van der Waals surface area contributed by atoms with E-state index in [4.69, 9.17) is 5.11 Å². The minimum absolute atomic E-state index is 0.0407. The van der Waals surface area contributed by atoms with E-state index < -0.39 is 5.97 Å². The van der Waals surface area contributed by atoms with Gasteiger partial charge in [0.25, 0.3) is 0 Å². The van der Waals surface area contributed by atoms with Crippen LogP contribution >= 0.6 is 0 Å². The summed E-state index contributed by atoms with van der Waals surface area (Å²) in [6.45, 7) is 4.09. The van der Waals surface area contributed by atoms with Crippen LogP contribution in [0.15, 0.2) is 42.7 Å². The highest BCUT2D eigenvalue weighted by Crippen LogP contribution is 2.22. The lowest BCUT2D eigenvalue weighted by Gasteiger charge is -2.20. The van der Waals surface area contributed by atoms with Gasteiger partial charge in [0, 0.05) is 25.2 Å². The number of hydrogen-bond donors (Lipinski definition) is 2. The lowest BCUT2D eigenvalue weighted by Crippen LogP contribution is -2.28. The lowest BCUT2D eigenvalue weighted by atomic mass is 10.2. The van der Waals surface area contributed by atoms with Gasteiger partial charge in [-0.15, -0.1) is 0 Å². The molecule has 1 aliphatic heterocycles. The van der Waals surface area contributed by atoms with Gasteiger partial charge in [0.15, 0.2) is 5.69 Å². The Morgan fingerprint density at radius 2 is 2.09 bits per heavy atom. The summed E-state index contributed by atoms with van der Waals surface area (Å²) in [6, 6.07) is 11.2. The fourth-order valence-electron chi connectivity index (χ4n) is 2.96. The maximum absolute atomic E-state index is 10.8. The van der Waals surface area contributed by atoms with Crippen LogP contribution in [0.2, 0.25) is 0 Å². The van der Waals surface area contributed by atoms with E-state index in [0.29, 0.717) is 17.9 Å². The monoisotopic (exact) mass is 312 g/mol. The molecule has 1 fully saturated rings. The normalized spacial score (nSPS) is 21.3. The second kappa shape index (κ2) is 6.75. The first kappa shape index (κ1) is 15.4. The van der Waals surface area contributed by atoms with Crippen molar-refractivity contribution in [1.82, 2.24) is 14.9 Å². The molecule has 0 amide bonds. The van der Waals surface area contributed by atoms with Crippen molar-refractivity contribution < 1.29 is 9.90 Å². The van der Waals surface area contributed by atoms with Gasteiger partial charge in [-0.3, -0.25) is 4.90 Å². The van der Waals surface area contributed by atoms with Crippen LogP contribution in [0.3, 0.4) is 0 Å². The Morgan fingerprint density at radius 1 is 1.30 bits per heavy atom. The summed E-state index contributed by atoms with van der Waals surface area (Å²) in [5.41, 5.74) is 1.27. The second-order valence-corrected chi connectivity index (χ2v) is 5.93. The number of benzene rings is 1. The second-order valence-electron chi connectivity index (χ2n) is 5.93. The van der Waals surface area contributed by atoms with Crippen LogP contribution in [0.5, 0.6) is 0 Å². The molecule has 2 N–H and O–H groups in total. The van der Waals surface area contributed by atoms with Crippen LogP contribution < -0.4 is 5.32 Å². The van der Waals surface area contributed by atoms with Gasteiger partial charge in [0.05, 0.1) is 12.4 Å². The average molecular weight is 312 g/mol. The Bertz CT molecular complexity index is 660. The van der Waals surface area contributed by atoms with Crippen LogP contribution in [-0.2, 0) is 6.54 Å². The van der Waals surface area contributed by atoms with E-state index >= 15 is 0 Å². The van der Waals surface area contributed by atoms with Crippen molar-refractivity contribution in [1.29, 1.82) is 0 Å². The molecule has 120 valence electrons. The highest BCUT2D eigenvalue weighted by Gasteiger charge is 2.29. The number of carbonyl (C=O) groups is 1. The Balaban J connectivity index is 1.59. The molecule has 1 aromatic carbocycles. The van der Waals surface area contributed by atoms with E-state index in [-0.39, 0.29) is 5.69 Å². The van der Waals surface area contributed by atoms with Gasteiger partial charge in [-0.1, -0.05) is 30.3 Å². The largest absolute Gasteiger partial charge is 0.476 e. The first-order valence-corrected chi connectivity index (χ1v) is 7.71. The number of nitrogens with one attached hydrogen (secondary N) is 1. The average Bonchev–Trinajstić information content (AvgIpc) is 2.88. The summed E-state index contributed by atoms with van der Waals surface area (Å²) in [7, 11) is 0. The summed E-state index contributed by atoms with van der Waals surface area (Å²) < 4.78 is 0. The molecule has 0 aliphatic carbocycles. The molecule has 2 unspecified atom stereocenters. The first-order chi connectivity index (χ1) is 11.1. The quantitative estimate of drug-likeness (QED) is 0.881. The first-order valence-electron chi connectivity index (χ1n) is 7.71. The van der Waals surface area contributed by atoms with Crippen molar-refractivity contribution in [3.05, 3.63) is 54.0 Å². The zero-order chi connectivity index (χ0) is 16.2. The molecule has 0 saturated carbocycles. The minimum Gasteiger partial charge on any atom is -0.476 e. The van der Waals surface area contributed by atoms with Crippen molar-refractivity contribution in [3.8, 4) is 0 Å². The standard InChI is InChI=1S/C17H20N4O2/c1-12-7-14(11-21(12)10-13-5-3-2-4-6-13)20-16-9-18-15(8-19-16)17(22)23/h2-6,8-9,12,14H,7,10-11H2,1H3,(H,19,20)(H,22,23). The fraction of sp³-hybridized carbons (Fsp3) is 0.353. The van der Waals surface area contributed by atoms with Crippen molar-refractivity contribution in [2.45, 2.75) is 32.0 Å². The minimum atomic E-state index is -1.06. The number of hydrogen-bond acceptors (Lipinski definition) is 5. The lowest BCUT2D eigenvalue weighted by molar-refractivity contribution is 0.0690. The molecule has 3 rings (SSSR count). The number of anilines is 1. The molecular formula is C17H20N4O2. The number of carboxylic acids is 1. The van der Waals surface area contributed by atoms with Crippen LogP contribution in [0, 0.1) is 0 Å². The molecule has 0 spiro atoms. The summed E-state index contributed by atoms with van der Waals surface area (Å²) in [5, 5.41) is 12.2. The molecule has 0 radical (unpaired) electrons. The molecule has 2 atom stereocenters. The summed E-state index contributed by atoms with van der Waals surface area (Å²) in [5.74, 6) is -0.443. The zero-order valence-electron chi connectivity index (χ0n) is 13.0. The fourth-order valence-corrected chi connectivity index (χ4v) is 2.96. The highest BCUT2D eigenvalue weighted by atomic mass is 16.4. The van der Waals surface area contributed by atoms with Gasteiger partial charge in [0.1, 0.15) is 5.82 Å². The van der Waals surface area contributed by atoms with E-state index in [2.05, 4.69) is 51.4 Å². The maximum Gasteiger partial charge on any atom is 0.356 e. The van der Waals surface area contributed by atoms with E-state index in [9.17, 15) is 4.79 Å². The van der Waals surface area contributed by atoms with Gasteiger partial charge < -0.3 is 10.4 Å². The predicted molar refractivity (Wildman–Crippen MR) is 87.3 cm³/mol. The molecule has 2 aromatic rings. The molecule has 1 aromatic heterocycles. The summed E-state index contributed by atoms with van der Waals surface area (Å²) in [4.78, 5) is 21.2. The van der Waals surface area contributed by atoms with Crippen molar-refractivity contribution in [2.24, 2.45) is 0 Å². The third-order valence-electron chi connectivity index (χ3n) is 4.16. The molecule has 23 heavy (non-hydrogen) atoms. The van der Waals surface area contributed by atoms with E-state index in [1.165, 1.54) is 18.0 Å². The van der Waals surface area contributed by atoms with Gasteiger partial charge >= 0.3 is 5.97 Å². The molecule has 1 saturated heterocycles. The van der Waals surface area contributed by atoms with Crippen molar-refractivity contribution >= 4 is 11.8 Å². The van der Waals surface area contributed by atoms with Crippen LogP contribution in [0.25, 0.3) is 0 Å². The molecular weight excluding hydrogens is 292 g/mol. The van der Waals surface area contributed by atoms with E-state index in [1.54, 1.807) is 0 Å². The number of aromatic nitrogens is 2. The molecule has 6 nitrogen and oxygen atoms in total. The zero-order valence-corrected chi connectivity index (χ0v) is 13.0. The summed E-state index contributed by atoms with van der Waals surface area (Å²) >= 11 is 0. The molecule has 1 aliphatic rings. The maximum atomic E-state index is 10.8. The topological polar surface area (TPSA) is 78.3 Å². The number of rotatable bonds is 5. The van der Waals surface area contributed by atoms with E-state index in [0.717, 1.165) is 19.5 Å². The van der Waals surface area contributed by atoms with Gasteiger partial charge in [-0.25, -0.2) is 14.8 Å². The predicted octanol–water partition coefficient (Wildman–Crippen LogP) is 2.25. The van der Waals surface area contributed by atoms with Gasteiger partial charge in [0.2, 0.25) is 0 Å². The van der Waals surface area contributed by atoms with E-state index in [1.807, 2.05) is 6.07 Å². The highest BCUT2D eigenvalue weighted by molar-refractivity contribution is 5.84. The number of likely N-dealkylation sites (tertiary alicyclic amines) is 1.